The number of phenols is 1. The normalized spacial score (nSPS) is 17.6. The molecule has 2 N–H and O–H groups in total. The number of aliphatic imine (C=N–C) groups is 1. The predicted molar refractivity (Wildman–Crippen MR) is 130 cm³/mol. The summed E-state index contributed by atoms with van der Waals surface area (Å²) >= 11 is 0. The van der Waals surface area contributed by atoms with E-state index < -0.39 is 0 Å². The first-order chi connectivity index (χ1) is 16.5. The van der Waals surface area contributed by atoms with Gasteiger partial charge < -0.3 is 19.3 Å². The third kappa shape index (κ3) is 4.89. The maximum absolute atomic E-state index is 11.8. The first kappa shape index (κ1) is 23.3. The van der Waals surface area contributed by atoms with Crippen molar-refractivity contribution in [1.29, 1.82) is 0 Å². The minimum Gasteiger partial charge on any atom is -0.504 e. The van der Waals surface area contributed by atoms with E-state index in [0.717, 1.165) is 28.2 Å². The van der Waals surface area contributed by atoms with E-state index in [2.05, 4.69) is 5.32 Å². The van der Waals surface area contributed by atoms with Crippen LogP contribution < -0.4 is 14.8 Å². The summed E-state index contributed by atoms with van der Waals surface area (Å²) < 4.78 is 15.8. The van der Waals surface area contributed by atoms with Gasteiger partial charge in [-0.15, -0.1) is 0 Å². The molecule has 4 rings (SSSR count). The molecule has 7 heteroatoms. The van der Waals surface area contributed by atoms with E-state index in [1.807, 2.05) is 55.5 Å². The summed E-state index contributed by atoms with van der Waals surface area (Å²) in [5.41, 5.74) is 3.92. The molecule has 1 aliphatic rings. The van der Waals surface area contributed by atoms with Gasteiger partial charge in [-0.3, -0.25) is 10.3 Å². The zero-order valence-corrected chi connectivity index (χ0v) is 19.4. The molecule has 7 nitrogen and oxygen atoms in total. The molecule has 0 radical (unpaired) electrons. The van der Waals surface area contributed by atoms with E-state index in [0.29, 0.717) is 24.3 Å². The van der Waals surface area contributed by atoms with Crippen LogP contribution in [0.3, 0.4) is 0 Å². The average Bonchev–Trinajstić information content (AvgIpc) is 2.89. The minimum absolute atomic E-state index is 0.119. The molecule has 176 valence electrons. The highest BCUT2D eigenvalue weighted by molar-refractivity contribution is 6.02. The second-order valence-corrected chi connectivity index (χ2v) is 7.87. The molecule has 0 fully saturated rings. The van der Waals surface area contributed by atoms with Crippen LogP contribution in [0.25, 0.3) is 0 Å². The highest BCUT2D eigenvalue weighted by Gasteiger charge is 2.29. The summed E-state index contributed by atoms with van der Waals surface area (Å²) in [4.78, 5) is 16.8. The molecule has 0 amide bonds. The Morgan fingerprint density at radius 1 is 1.09 bits per heavy atom. The molecule has 0 spiro atoms. The number of phenolic OH excluding ortho intramolecular Hbond substituents is 1. The fraction of sp³-hybridized carbons (Fsp3) is 0.259. The second-order valence-electron chi connectivity index (χ2n) is 7.87. The Kier molecular flexibility index (Phi) is 7.13. The Bertz CT molecular complexity index is 1190. The van der Waals surface area contributed by atoms with Gasteiger partial charge in [0.1, 0.15) is 11.9 Å². The van der Waals surface area contributed by atoms with Crippen molar-refractivity contribution in [3.8, 4) is 17.2 Å². The SMILES string of the molecule is CCOc1cccc(C2CC(c3cccc(OC)c3)=NC(c3ccc(C(=O)OC)cc3)N2)c1O. The van der Waals surface area contributed by atoms with Gasteiger partial charge in [0.15, 0.2) is 11.5 Å². The largest absolute Gasteiger partial charge is 0.504 e. The lowest BCUT2D eigenvalue weighted by Crippen LogP contribution is -2.33. The van der Waals surface area contributed by atoms with Gasteiger partial charge in [-0.25, -0.2) is 4.79 Å². The molecule has 1 heterocycles. The van der Waals surface area contributed by atoms with Crippen molar-refractivity contribution in [1.82, 2.24) is 5.32 Å². The molecule has 0 saturated heterocycles. The number of benzene rings is 3. The Labute approximate surface area is 199 Å². The Hall–Kier alpha value is -3.84. The van der Waals surface area contributed by atoms with Crippen LogP contribution in [-0.2, 0) is 4.74 Å². The zero-order valence-electron chi connectivity index (χ0n) is 19.4. The third-order valence-electron chi connectivity index (χ3n) is 5.80. The van der Waals surface area contributed by atoms with Crippen molar-refractivity contribution in [3.05, 3.63) is 89.0 Å². The van der Waals surface area contributed by atoms with E-state index in [9.17, 15) is 9.90 Å². The molecule has 3 aromatic rings. The van der Waals surface area contributed by atoms with Crippen LogP contribution in [0.1, 0.15) is 52.6 Å². The lowest BCUT2D eigenvalue weighted by Gasteiger charge is -2.31. The summed E-state index contributed by atoms with van der Waals surface area (Å²) in [6, 6.07) is 20.2. The van der Waals surface area contributed by atoms with Crippen molar-refractivity contribution >= 4 is 11.7 Å². The van der Waals surface area contributed by atoms with E-state index in [4.69, 9.17) is 19.2 Å². The van der Waals surface area contributed by atoms with Crippen molar-refractivity contribution in [2.75, 3.05) is 20.8 Å². The number of esters is 1. The zero-order chi connectivity index (χ0) is 24.1. The summed E-state index contributed by atoms with van der Waals surface area (Å²) in [5.74, 6) is 0.925. The maximum Gasteiger partial charge on any atom is 0.337 e. The van der Waals surface area contributed by atoms with Crippen molar-refractivity contribution in [3.63, 3.8) is 0 Å². The number of hydrogen-bond acceptors (Lipinski definition) is 7. The number of ether oxygens (including phenoxy) is 3. The van der Waals surface area contributed by atoms with Crippen LogP contribution >= 0.6 is 0 Å². The Morgan fingerprint density at radius 2 is 1.85 bits per heavy atom. The summed E-state index contributed by atoms with van der Waals surface area (Å²) in [5, 5.41) is 14.5. The van der Waals surface area contributed by atoms with E-state index in [-0.39, 0.29) is 23.9 Å². The number of para-hydroxylation sites is 1. The number of carbonyl (C=O) groups is 1. The molecule has 3 aromatic carbocycles. The van der Waals surface area contributed by atoms with Crippen LogP contribution in [0.2, 0.25) is 0 Å². The Morgan fingerprint density at radius 3 is 2.56 bits per heavy atom. The molecule has 0 saturated carbocycles. The van der Waals surface area contributed by atoms with Crippen molar-refractivity contribution < 1.29 is 24.1 Å². The van der Waals surface area contributed by atoms with Crippen LogP contribution in [-0.4, -0.2) is 37.6 Å². The molecule has 2 unspecified atom stereocenters. The van der Waals surface area contributed by atoms with Gasteiger partial charge in [-0.1, -0.05) is 36.4 Å². The highest BCUT2D eigenvalue weighted by Crippen LogP contribution is 2.39. The smallest absolute Gasteiger partial charge is 0.337 e. The summed E-state index contributed by atoms with van der Waals surface area (Å²) in [6.07, 6.45) is 0.175. The monoisotopic (exact) mass is 460 g/mol. The van der Waals surface area contributed by atoms with Gasteiger partial charge in [-0.2, -0.15) is 0 Å². The molecule has 1 aliphatic heterocycles. The quantitative estimate of drug-likeness (QED) is 0.492. The molecule has 0 aromatic heterocycles. The highest BCUT2D eigenvalue weighted by atomic mass is 16.5. The number of nitrogens with one attached hydrogen (secondary N) is 1. The van der Waals surface area contributed by atoms with Crippen LogP contribution in [0.15, 0.2) is 71.7 Å². The molecule has 2 atom stereocenters. The first-order valence-electron chi connectivity index (χ1n) is 11.1. The standard InChI is InChI=1S/C27H28N2O5/c1-4-34-24-10-6-9-21(25(24)30)23-16-22(19-7-5-8-20(15-19)32-2)28-26(29-23)17-11-13-18(14-12-17)27(31)33-3/h5-15,23,26,29-30H,4,16H2,1-3H3. The third-order valence-corrected chi connectivity index (χ3v) is 5.80. The van der Waals surface area contributed by atoms with Gasteiger partial charge in [0.2, 0.25) is 0 Å². The van der Waals surface area contributed by atoms with Crippen LogP contribution in [0, 0.1) is 0 Å². The fourth-order valence-electron chi connectivity index (χ4n) is 4.07. The molecular weight excluding hydrogens is 432 g/mol. The van der Waals surface area contributed by atoms with Gasteiger partial charge in [-0.05, 0) is 48.4 Å². The average molecular weight is 461 g/mol. The van der Waals surface area contributed by atoms with Crippen molar-refractivity contribution in [2.24, 2.45) is 4.99 Å². The maximum atomic E-state index is 11.8. The number of carbonyl (C=O) groups excluding carboxylic acids is 1. The van der Waals surface area contributed by atoms with Crippen LogP contribution in [0.5, 0.6) is 17.2 Å². The number of methoxy groups -OCH3 is 2. The number of nitrogens with zero attached hydrogens (tertiary/aromatic N) is 1. The van der Waals surface area contributed by atoms with E-state index in [1.54, 1.807) is 25.3 Å². The lowest BCUT2D eigenvalue weighted by atomic mass is 9.93. The number of rotatable bonds is 7. The minimum atomic E-state index is -0.390. The summed E-state index contributed by atoms with van der Waals surface area (Å²) in [6.45, 7) is 2.34. The van der Waals surface area contributed by atoms with Gasteiger partial charge in [0.25, 0.3) is 0 Å². The number of hydrogen-bond donors (Lipinski definition) is 2. The molecular formula is C27H28N2O5. The molecule has 0 bridgehead atoms. The molecule has 34 heavy (non-hydrogen) atoms. The van der Waals surface area contributed by atoms with Crippen LogP contribution in [0.4, 0.5) is 0 Å². The molecule has 0 aliphatic carbocycles. The van der Waals surface area contributed by atoms with Crippen molar-refractivity contribution in [2.45, 2.75) is 25.6 Å². The second kappa shape index (κ2) is 10.4. The Balaban J connectivity index is 1.74. The van der Waals surface area contributed by atoms with E-state index >= 15 is 0 Å². The van der Waals surface area contributed by atoms with Gasteiger partial charge >= 0.3 is 5.97 Å². The lowest BCUT2D eigenvalue weighted by molar-refractivity contribution is 0.0600. The topological polar surface area (TPSA) is 89.4 Å². The van der Waals surface area contributed by atoms with Gasteiger partial charge in [0, 0.05) is 23.7 Å². The fourth-order valence-corrected chi connectivity index (χ4v) is 4.07. The first-order valence-corrected chi connectivity index (χ1v) is 11.1. The van der Waals surface area contributed by atoms with E-state index in [1.165, 1.54) is 7.11 Å². The predicted octanol–water partition coefficient (Wildman–Crippen LogP) is 4.81. The summed E-state index contributed by atoms with van der Waals surface area (Å²) in [7, 11) is 2.99. The number of aromatic hydroxyl groups is 1. The van der Waals surface area contributed by atoms with Gasteiger partial charge in [0.05, 0.1) is 26.4 Å².